The van der Waals surface area contributed by atoms with Gasteiger partial charge in [-0.05, 0) is 37.8 Å². The standard InChI is InChI=1S/C18H25N3O/c1-11(2)15-9-7-8-12(3)18(15)19-17(22)10-16-13(4)20-21(6)14(16)5/h7-9,11H,10H2,1-6H3,(H,19,22). The Morgan fingerprint density at radius 2 is 1.95 bits per heavy atom. The summed E-state index contributed by atoms with van der Waals surface area (Å²) in [5.74, 6) is 0.382. The van der Waals surface area contributed by atoms with E-state index in [9.17, 15) is 4.79 Å². The number of nitrogens with one attached hydrogen (secondary N) is 1. The number of amides is 1. The van der Waals surface area contributed by atoms with Crippen LogP contribution in [0.15, 0.2) is 18.2 Å². The van der Waals surface area contributed by atoms with Crippen LogP contribution in [0.25, 0.3) is 0 Å². The van der Waals surface area contributed by atoms with E-state index in [1.807, 2.05) is 44.6 Å². The number of hydrogen-bond donors (Lipinski definition) is 1. The van der Waals surface area contributed by atoms with Crippen LogP contribution in [-0.4, -0.2) is 15.7 Å². The van der Waals surface area contributed by atoms with Crippen LogP contribution < -0.4 is 5.32 Å². The van der Waals surface area contributed by atoms with Crippen molar-refractivity contribution in [1.82, 2.24) is 9.78 Å². The minimum atomic E-state index is 0.00963. The van der Waals surface area contributed by atoms with Crippen molar-refractivity contribution in [2.45, 2.75) is 47.0 Å². The van der Waals surface area contributed by atoms with Crippen molar-refractivity contribution in [2.24, 2.45) is 7.05 Å². The molecule has 0 saturated heterocycles. The highest BCUT2D eigenvalue weighted by Gasteiger charge is 2.16. The molecule has 0 atom stereocenters. The lowest BCUT2D eigenvalue weighted by Crippen LogP contribution is -2.17. The Kier molecular flexibility index (Phi) is 4.69. The molecule has 0 aliphatic rings. The van der Waals surface area contributed by atoms with Crippen LogP contribution in [0.5, 0.6) is 0 Å². The molecule has 1 heterocycles. The van der Waals surface area contributed by atoms with Crippen LogP contribution in [0.2, 0.25) is 0 Å². The first-order valence-electron chi connectivity index (χ1n) is 7.69. The number of para-hydroxylation sites is 1. The summed E-state index contributed by atoms with van der Waals surface area (Å²) in [6, 6.07) is 6.14. The normalized spacial score (nSPS) is 11.0. The Morgan fingerprint density at radius 1 is 1.27 bits per heavy atom. The van der Waals surface area contributed by atoms with Crippen molar-refractivity contribution in [3.63, 3.8) is 0 Å². The first-order chi connectivity index (χ1) is 10.3. The highest BCUT2D eigenvalue weighted by atomic mass is 16.1. The molecule has 1 aromatic heterocycles. The lowest BCUT2D eigenvalue weighted by atomic mass is 9.98. The van der Waals surface area contributed by atoms with Crippen LogP contribution in [0.1, 0.15) is 47.8 Å². The Morgan fingerprint density at radius 3 is 2.50 bits per heavy atom. The molecule has 0 aliphatic heterocycles. The lowest BCUT2D eigenvalue weighted by Gasteiger charge is -2.16. The Balaban J connectivity index is 2.23. The number of aryl methyl sites for hydroxylation is 3. The molecule has 0 unspecified atom stereocenters. The first-order valence-corrected chi connectivity index (χ1v) is 7.69. The predicted molar refractivity (Wildman–Crippen MR) is 90.3 cm³/mol. The third-order valence-corrected chi connectivity index (χ3v) is 4.19. The van der Waals surface area contributed by atoms with Gasteiger partial charge in [0.05, 0.1) is 12.1 Å². The average Bonchev–Trinajstić information content (AvgIpc) is 2.67. The molecule has 1 amide bonds. The van der Waals surface area contributed by atoms with Crippen LogP contribution in [0.3, 0.4) is 0 Å². The van der Waals surface area contributed by atoms with E-state index in [-0.39, 0.29) is 5.91 Å². The van der Waals surface area contributed by atoms with Crippen molar-refractivity contribution in [2.75, 3.05) is 5.32 Å². The highest BCUT2D eigenvalue weighted by molar-refractivity contribution is 5.94. The third kappa shape index (κ3) is 3.21. The summed E-state index contributed by atoms with van der Waals surface area (Å²) in [6.07, 6.45) is 0.359. The van der Waals surface area contributed by atoms with Gasteiger partial charge in [0.15, 0.2) is 0 Å². The fourth-order valence-electron chi connectivity index (χ4n) is 2.76. The second-order valence-electron chi connectivity index (χ2n) is 6.19. The smallest absolute Gasteiger partial charge is 0.228 e. The number of hydrogen-bond acceptors (Lipinski definition) is 2. The number of carbonyl (C=O) groups is 1. The molecule has 2 rings (SSSR count). The molecule has 0 radical (unpaired) electrons. The van der Waals surface area contributed by atoms with Gasteiger partial charge in [0.1, 0.15) is 0 Å². The van der Waals surface area contributed by atoms with E-state index >= 15 is 0 Å². The van der Waals surface area contributed by atoms with E-state index in [1.165, 1.54) is 5.56 Å². The van der Waals surface area contributed by atoms with Crippen LogP contribution in [0, 0.1) is 20.8 Å². The molecule has 0 saturated carbocycles. The number of nitrogens with zero attached hydrogens (tertiary/aromatic N) is 2. The lowest BCUT2D eigenvalue weighted by molar-refractivity contribution is -0.115. The Hall–Kier alpha value is -2.10. The van der Waals surface area contributed by atoms with Gasteiger partial charge >= 0.3 is 0 Å². The molecule has 22 heavy (non-hydrogen) atoms. The van der Waals surface area contributed by atoms with Gasteiger partial charge in [-0.1, -0.05) is 32.0 Å². The number of anilines is 1. The molecule has 118 valence electrons. The van der Waals surface area contributed by atoms with E-state index in [4.69, 9.17) is 0 Å². The quantitative estimate of drug-likeness (QED) is 0.936. The molecule has 1 N–H and O–H groups in total. The molecular formula is C18H25N3O. The zero-order chi connectivity index (χ0) is 16.4. The summed E-state index contributed by atoms with van der Waals surface area (Å²) in [7, 11) is 1.90. The van der Waals surface area contributed by atoms with Crippen LogP contribution >= 0.6 is 0 Å². The largest absolute Gasteiger partial charge is 0.325 e. The Labute approximate surface area is 132 Å². The molecule has 0 bridgehead atoms. The van der Waals surface area contributed by atoms with Gasteiger partial charge in [-0.15, -0.1) is 0 Å². The zero-order valence-corrected chi connectivity index (χ0v) is 14.3. The molecule has 0 fully saturated rings. The highest BCUT2D eigenvalue weighted by Crippen LogP contribution is 2.27. The van der Waals surface area contributed by atoms with Crippen LogP contribution in [0.4, 0.5) is 5.69 Å². The summed E-state index contributed by atoms with van der Waals surface area (Å²) in [5.41, 5.74) is 6.19. The second kappa shape index (κ2) is 6.34. The van der Waals surface area contributed by atoms with Gasteiger partial charge in [0, 0.05) is 24.0 Å². The van der Waals surface area contributed by atoms with E-state index in [0.29, 0.717) is 12.3 Å². The maximum Gasteiger partial charge on any atom is 0.228 e. The van der Waals surface area contributed by atoms with Crippen molar-refractivity contribution in [3.05, 3.63) is 46.3 Å². The number of aromatic nitrogens is 2. The van der Waals surface area contributed by atoms with E-state index in [0.717, 1.165) is 28.2 Å². The van der Waals surface area contributed by atoms with Crippen molar-refractivity contribution < 1.29 is 4.79 Å². The summed E-state index contributed by atoms with van der Waals surface area (Å²) in [6.45, 7) is 10.3. The number of benzene rings is 1. The monoisotopic (exact) mass is 299 g/mol. The van der Waals surface area contributed by atoms with Crippen molar-refractivity contribution >= 4 is 11.6 Å². The maximum absolute atomic E-state index is 12.5. The van der Waals surface area contributed by atoms with Gasteiger partial charge in [-0.2, -0.15) is 5.10 Å². The van der Waals surface area contributed by atoms with E-state index in [2.05, 4.69) is 30.3 Å². The van der Waals surface area contributed by atoms with E-state index in [1.54, 1.807) is 0 Å². The molecule has 2 aromatic rings. The minimum Gasteiger partial charge on any atom is -0.325 e. The van der Waals surface area contributed by atoms with Crippen LogP contribution in [-0.2, 0) is 18.3 Å². The topological polar surface area (TPSA) is 46.9 Å². The fraction of sp³-hybridized carbons (Fsp3) is 0.444. The maximum atomic E-state index is 12.5. The molecule has 0 spiro atoms. The molecular weight excluding hydrogens is 274 g/mol. The number of carbonyl (C=O) groups excluding carboxylic acids is 1. The second-order valence-corrected chi connectivity index (χ2v) is 6.19. The van der Waals surface area contributed by atoms with Crippen molar-refractivity contribution in [1.29, 1.82) is 0 Å². The SMILES string of the molecule is Cc1cccc(C(C)C)c1NC(=O)Cc1c(C)nn(C)c1C. The minimum absolute atomic E-state index is 0.00963. The summed E-state index contributed by atoms with van der Waals surface area (Å²) < 4.78 is 1.82. The van der Waals surface area contributed by atoms with Gasteiger partial charge < -0.3 is 5.32 Å². The van der Waals surface area contributed by atoms with Gasteiger partial charge in [0.25, 0.3) is 0 Å². The summed E-state index contributed by atoms with van der Waals surface area (Å²) >= 11 is 0. The zero-order valence-electron chi connectivity index (χ0n) is 14.3. The first kappa shape index (κ1) is 16.3. The molecule has 4 nitrogen and oxygen atoms in total. The van der Waals surface area contributed by atoms with E-state index < -0.39 is 0 Å². The van der Waals surface area contributed by atoms with Gasteiger partial charge in [-0.25, -0.2) is 0 Å². The third-order valence-electron chi connectivity index (χ3n) is 4.19. The van der Waals surface area contributed by atoms with Gasteiger partial charge in [-0.3, -0.25) is 9.48 Å². The molecule has 4 heteroatoms. The fourth-order valence-corrected chi connectivity index (χ4v) is 2.76. The average molecular weight is 299 g/mol. The Bertz CT molecular complexity index is 699. The van der Waals surface area contributed by atoms with Crippen molar-refractivity contribution in [3.8, 4) is 0 Å². The summed E-state index contributed by atoms with van der Waals surface area (Å²) in [4.78, 5) is 12.5. The molecule has 1 aromatic carbocycles. The summed E-state index contributed by atoms with van der Waals surface area (Å²) in [5, 5.41) is 7.47. The molecule has 0 aliphatic carbocycles. The predicted octanol–water partition coefficient (Wildman–Crippen LogP) is 3.65. The van der Waals surface area contributed by atoms with Gasteiger partial charge in [0.2, 0.25) is 5.91 Å². The number of rotatable bonds is 4.